The molecule has 34 heavy (non-hydrogen) atoms. The van der Waals surface area contributed by atoms with Gasteiger partial charge in [-0.2, -0.15) is 0 Å². The van der Waals surface area contributed by atoms with Crippen molar-refractivity contribution in [2.24, 2.45) is 0 Å². The Kier molecular flexibility index (Phi) is 5.56. The van der Waals surface area contributed by atoms with Crippen LogP contribution >= 0.6 is 0 Å². The first kappa shape index (κ1) is 22.4. The maximum atomic E-state index is 13.4. The average Bonchev–Trinajstić information content (AvgIpc) is 3.55. The minimum absolute atomic E-state index is 0.0326. The third kappa shape index (κ3) is 3.72. The van der Waals surface area contributed by atoms with Crippen LogP contribution in [-0.4, -0.2) is 63.9 Å². The Morgan fingerprint density at radius 3 is 2.12 bits per heavy atom. The summed E-state index contributed by atoms with van der Waals surface area (Å²) in [6.45, 7) is -0.00233. The highest BCUT2D eigenvalue weighted by atomic mass is 16.5. The minimum Gasteiger partial charge on any atom is -0.479 e. The number of carbonyl (C=O) groups is 3. The van der Waals surface area contributed by atoms with Crippen molar-refractivity contribution in [1.29, 1.82) is 0 Å². The van der Waals surface area contributed by atoms with Gasteiger partial charge in [0.1, 0.15) is 12.1 Å². The molecule has 5 rings (SSSR count). The van der Waals surface area contributed by atoms with E-state index in [0.717, 1.165) is 35.1 Å². The van der Waals surface area contributed by atoms with Crippen LogP contribution < -0.4 is 5.32 Å². The molecule has 1 saturated heterocycles. The maximum Gasteiger partial charge on any atom is 0.408 e. The van der Waals surface area contributed by atoms with Gasteiger partial charge in [0.15, 0.2) is 5.60 Å². The molecule has 0 radical (unpaired) electrons. The molecule has 1 aliphatic heterocycles. The van der Waals surface area contributed by atoms with Crippen molar-refractivity contribution in [3.05, 3.63) is 59.7 Å². The van der Waals surface area contributed by atoms with Crippen LogP contribution in [0.15, 0.2) is 48.5 Å². The van der Waals surface area contributed by atoms with Crippen LogP contribution in [-0.2, 0) is 14.3 Å². The van der Waals surface area contributed by atoms with Crippen molar-refractivity contribution in [2.75, 3.05) is 19.7 Å². The minimum atomic E-state index is -1.95. The number of aliphatic hydroxyl groups is 1. The first-order chi connectivity index (χ1) is 16.3. The third-order valence-corrected chi connectivity index (χ3v) is 7.48. The number of β-amino-alcohol motifs (C(OH)–C–C–N with tert-alkyl or cyclic N) is 1. The van der Waals surface area contributed by atoms with Crippen LogP contribution in [0.25, 0.3) is 11.1 Å². The molecule has 0 aromatic heterocycles. The lowest BCUT2D eigenvalue weighted by atomic mass is 9.95. The van der Waals surface area contributed by atoms with E-state index in [1.54, 1.807) is 0 Å². The Morgan fingerprint density at radius 2 is 1.56 bits per heavy atom. The molecule has 2 aromatic carbocycles. The molecular formula is C26H28N2O6. The molecule has 1 saturated carbocycles. The molecule has 8 nitrogen and oxygen atoms in total. The van der Waals surface area contributed by atoms with Gasteiger partial charge in [0.25, 0.3) is 0 Å². The molecule has 8 heteroatoms. The number of hydrogen-bond acceptors (Lipinski definition) is 5. The van der Waals surface area contributed by atoms with Crippen molar-refractivity contribution in [2.45, 2.75) is 49.2 Å². The second-order valence-electron chi connectivity index (χ2n) is 9.55. The SMILES string of the molecule is O=C(NC1(C(=O)N2CCC(O)(C(=O)O)C2)CCCC1)OCC1c2ccccc2-c2ccccc21. The summed E-state index contributed by atoms with van der Waals surface area (Å²) in [7, 11) is 0. The summed E-state index contributed by atoms with van der Waals surface area (Å²) < 4.78 is 5.65. The van der Waals surface area contributed by atoms with Crippen LogP contribution in [0.5, 0.6) is 0 Å². The van der Waals surface area contributed by atoms with Gasteiger partial charge in [-0.3, -0.25) is 4.79 Å². The summed E-state index contributed by atoms with van der Waals surface area (Å²) in [6, 6.07) is 16.1. The normalized spacial score (nSPS) is 22.8. The fraction of sp³-hybridized carbons (Fsp3) is 0.423. The largest absolute Gasteiger partial charge is 0.479 e. The number of alkyl carbamates (subject to hydrolysis) is 1. The maximum absolute atomic E-state index is 13.4. The van der Waals surface area contributed by atoms with E-state index in [1.807, 2.05) is 36.4 Å². The lowest BCUT2D eigenvalue weighted by Crippen LogP contribution is -2.58. The molecule has 178 valence electrons. The number of hydrogen-bond donors (Lipinski definition) is 3. The van der Waals surface area contributed by atoms with E-state index in [-0.39, 0.29) is 37.9 Å². The Balaban J connectivity index is 1.28. The zero-order valence-corrected chi connectivity index (χ0v) is 18.8. The van der Waals surface area contributed by atoms with Gasteiger partial charge in [-0.25, -0.2) is 9.59 Å². The lowest BCUT2D eigenvalue weighted by molar-refractivity contribution is -0.157. The van der Waals surface area contributed by atoms with E-state index in [1.165, 1.54) is 4.90 Å². The highest BCUT2D eigenvalue weighted by molar-refractivity contribution is 5.91. The van der Waals surface area contributed by atoms with Crippen molar-refractivity contribution in [3.8, 4) is 11.1 Å². The molecular weight excluding hydrogens is 436 g/mol. The molecule has 2 aliphatic carbocycles. The summed E-state index contributed by atoms with van der Waals surface area (Å²) >= 11 is 0. The van der Waals surface area contributed by atoms with Gasteiger partial charge in [-0.05, 0) is 35.1 Å². The summed E-state index contributed by atoms with van der Waals surface area (Å²) in [5, 5.41) is 22.4. The number of rotatable bonds is 5. The highest BCUT2D eigenvalue weighted by Gasteiger charge is 2.51. The number of carboxylic acids is 1. The standard InChI is InChI=1S/C26H28N2O6/c29-22(28-14-13-26(33,16-28)23(30)31)25(11-5-6-12-25)27-24(32)34-15-21-19-9-3-1-7-17(19)18-8-2-4-10-20(18)21/h1-4,7-10,21,33H,5-6,11-16H2,(H,27,32)(H,30,31). The van der Waals surface area contributed by atoms with Crippen LogP contribution in [0.2, 0.25) is 0 Å². The summed E-state index contributed by atoms with van der Waals surface area (Å²) in [5.41, 5.74) is 1.40. The monoisotopic (exact) mass is 464 g/mol. The second-order valence-corrected chi connectivity index (χ2v) is 9.55. The fourth-order valence-corrected chi connectivity index (χ4v) is 5.65. The predicted molar refractivity (Wildman–Crippen MR) is 123 cm³/mol. The van der Waals surface area contributed by atoms with Crippen molar-refractivity contribution in [1.82, 2.24) is 10.2 Å². The van der Waals surface area contributed by atoms with E-state index in [9.17, 15) is 24.6 Å². The number of aliphatic carboxylic acids is 1. The molecule has 3 aliphatic rings. The van der Waals surface area contributed by atoms with Crippen molar-refractivity contribution in [3.63, 3.8) is 0 Å². The average molecular weight is 465 g/mol. The van der Waals surface area contributed by atoms with E-state index in [0.29, 0.717) is 12.8 Å². The van der Waals surface area contributed by atoms with E-state index in [4.69, 9.17) is 4.74 Å². The van der Waals surface area contributed by atoms with Gasteiger partial charge >= 0.3 is 12.1 Å². The Bertz CT molecular complexity index is 1100. The zero-order chi connectivity index (χ0) is 23.9. The van der Waals surface area contributed by atoms with Gasteiger partial charge in [0.05, 0.1) is 6.54 Å². The quantitative estimate of drug-likeness (QED) is 0.627. The Morgan fingerprint density at radius 1 is 0.971 bits per heavy atom. The number of fused-ring (bicyclic) bond motifs is 3. The molecule has 2 fully saturated rings. The van der Waals surface area contributed by atoms with Crippen molar-refractivity contribution >= 4 is 18.0 Å². The van der Waals surface area contributed by atoms with Gasteiger partial charge in [-0.15, -0.1) is 0 Å². The summed E-state index contributed by atoms with van der Waals surface area (Å²) in [6.07, 6.45) is 1.76. The molecule has 0 bridgehead atoms. The van der Waals surface area contributed by atoms with Gasteiger partial charge in [-0.1, -0.05) is 61.4 Å². The molecule has 2 amide bonds. The molecule has 1 atom stereocenters. The van der Waals surface area contributed by atoms with Gasteiger partial charge in [0, 0.05) is 18.9 Å². The van der Waals surface area contributed by atoms with Crippen LogP contribution in [0, 0.1) is 0 Å². The first-order valence-electron chi connectivity index (χ1n) is 11.7. The number of nitrogens with zero attached hydrogens (tertiary/aromatic N) is 1. The fourth-order valence-electron chi connectivity index (χ4n) is 5.65. The van der Waals surface area contributed by atoms with Crippen LogP contribution in [0.1, 0.15) is 49.1 Å². The summed E-state index contributed by atoms with van der Waals surface area (Å²) in [5.74, 6) is -1.78. The molecule has 2 aromatic rings. The number of carboxylic acid groups (broad SMARTS) is 1. The number of nitrogens with one attached hydrogen (secondary N) is 1. The third-order valence-electron chi connectivity index (χ3n) is 7.48. The summed E-state index contributed by atoms with van der Waals surface area (Å²) in [4.78, 5) is 39.0. The van der Waals surface area contributed by atoms with Gasteiger partial charge < -0.3 is 25.2 Å². The predicted octanol–water partition coefficient (Wildman–Crippen LogP) is 2.89. The lowest BCUT2D eigenvalue weighted by Gasteiger charge is -2.33. The van der Waals surface area contributed by atoms with Gasteiger partial charge in [0.2, 0.25) is 5.91 Å². The number of carbonyl (C=O) groups excluding carboxylic acids is 2. The number of likely N-dealkylation sites (tertiary alicyclic amines) is 1. The van der Waals surface area contributed by atoms with E-state index < -0.39 is 23.2 Å². The van der Waals surface area contributed by atoms with E-state index in [2.05, 4.69) is 17.4 Å². The smallest absolute Gasteiger partial charge is 0.408 e. The van der Waals surface area contributed by atoms with Crippen LogP contribution in [0.3, 0.4) is 0 Å². The first-order valence-corrected chi connectivity index (χ1v) is 11.7. The second kappa shape index (κ2) is 8.43. The van der Waals surface area contributed by atoms with Crippen LogP contribution in [0.4, 0.5) is 4.79 Å². The molecule has 1 heterocycles. The zero-order valence-electron chi connectivity index (χ0n) is 18.8. The van der Waals surface area contributed by atoms with E-state index >= 15 is 0 Å². The Labute approximate surface area is 197 Å². The molecule has 1 unspecified atom stereocenters. The number of amides is 2. The molecule has 0 spiro atoms. The number of benzene rings is 2. The topological polar surface area (TPSA) is 116 Å². The number of ether oxygens (including phenoxy) is 1. The van der Waals surface area contributed by atoms with Crippen molar-refractivity contribution < 1.29 is 29.3 Å². The molecule has 3 N–H and O–H groups in total. The Hall–Kier alpha value is -3.39. The highest BCUT2D eigenvalue weighted by Crippen LogP contribution is 2.44.